The van der Waals surface area contributed by atoms with Gasteiger partial charge in [0.05, 0.1) is 6.04 Å². The summed E-state index contributed by atoms with van der Waals surface area (Å²) in [4.78, 5) is 12.1. The maximum atomic E-state index is 12.1. The highest BCUT2D eigenvalue weighted by molar-refractivity contribution is 5.80. The largest absolute Gasteiger partial charge is 0.399 e. The van der Waals surface area contributed by atoms with Gasteiger partial charge in [0.2, 0.25) is 5.91 Å². The van der Waals surface area contributed by atoms with Crippen LogP contribution >= 0.6 is 0 Å². The molecule has 2 unspecified atom stereocenters. The number of amides is 1. The maximum absolute atomic E-state index is 12.1. The van der Waals surface area contributed by atoms with Crippen molar-refractivity contribution < 1.29 is 4.79 Å². The van der Waals surface area contributed by atoms with Crippen LogP contribution in [0.1, 0.15) is 31.5 Å². The van der Waals surface area contributed by atoms with Crippen LogP contribution in [0, 0.1) is 0 Å². The minimum absolute atomic E-state index is 0.0620. The summed E-state index contributed by atoms with van der Waals surface area (Å²) in [6.07, 6.45) is 3.44. The van der Waals surface area contributed by atoms with Gasteiger partial charge in [-0.25, -0.2) is 0 Å². The normalized spacial score (nSPS) is 13.8. The third-order valence-corrected chi connectivity index (χ3v) is 3.10. The van der Waals surface area contributed by atoms with E-state index in [1.54, 1.807) is 23.1 Å². The molecule has 1 aromatic heterocycles. The molecule has 5 heteroatoms. The highest BCUT2D eigenvalue weighted by atomic mass is 16.2. The molecule has 1 heterocycles. The number of nitrogens with one attached hydrogen (secondary N) is 1. The second kappa shape index (κ2) is 5.56. The molecule has 2 rings (SSSR count). The van der Waals surface area contributed by atoms with Crippen LogP contribution in [-0.4, -0.2) is 15.7 Å². The van der Waals surface area contributed by atoms with E-state index >= 15 is 0 Å². The Balaban J connectivity index is 2.00. The molecule has 3 N–H and O–H groups in total. The van der Waals surface area contributed by atoms with Crippen LogP contribution in [0.2, 0.25) is 0 Å². The van der Waals surface area contributed by atoms with Crippen molar-refractivity contribution in [3.05, 3.63) is 48.3 Å². The van der Waals surface area contributed by atoms with E-state index in [0.717, 1.165) is 5.56 Å². The van der Waals surface area contributed by atoms with E-state index < -0.39 is 0 Å². The Morgan fingerprint density at radius 1 is 1.32 bits per heavy atom. The van der Waals surface area contributed by atoms with E-state index in [-0.39, 0.29) is 18.0 Å². The number of carbonyl (C=O) groups excluding carboxylic acids is 1. The van der Waals surface area contributed by atoms with E-state index in [1.165, 1.54) is 0 Å². The fraction of sp³-hybridized carbons (Fsp3) is 0.286. The van der Waals surface area contributed by atoms with Crippen molar-refractivity contribution in [2.45, 2.75) is 25.9 Å². The lowest BCUT2D eigenvalue weighted by atomic mass is 10.1. The van der Waals surface area contributed by atoms with Gasteiger partial charge in [0.25, 0.3) is 0 Å². The lowest BCUT2D eigenvalue weighted by molar-refractivity contribution is -0.124. The summed E-state index contributed by atoms with van der Waals surface area (Å²) >= 11 is 0. The van der Waals surface area contributed by atoms with E-state index in [9.17, 15) is 4.79 Å². The Morgan fingerprint density at radius 2 is 2.00 bits per heavy atom. The lowest BCUT2D eigenvalue weighted by Crippen LogP contribution is -2.33. The minimum Gasteiger partial charge on any atom is -0.399 e. The fourth-order valence-electron chi connectivity index (χ4n) is 1.83. The number of hydrogen-bond donors (Lipinski definition) is 2. The van der Waals surface area contributed by atoms with Gasteiger partial charge >= 0.3 is 0 Å². The number of nitrogen functional groups attached to an aromatic ring is 1. The number of hydrogen-bond acceptors (Lipinski definition) is 3. The molecular weight excluding hydrogens is 240 g/mol. The van der Waals surface area contributed by atoms with Crippen LogP contribution in [0.25, 0.3) is 0 Å². The van der Waals surface area contributed by atoms with Crippen molar-refractivity contribution in [3.8, 4) is 0 Å². The van der Waals surface area contributed by atoms with Gasteiger partial charge in [0, 0.05) is 18.1 Å². The van der Waals surface area contributed by atoms with Crippen LogP contribution < -0.4 is 11.1 Å². The summed E-state index contributed by atoms with van der Waals surface area (Å²) in [5.41, 5.74) is 7.38. The van der Waals surface area contributed by atoms with Gasteiger partial charge < -0.3 is 11.1 Å². The first-order valence-corrected chi connectivity index (χ1v) is 6.23. The Bertz CT molecular complexity index is 533. The molecule has 19 heavy (non-hydrogen) atoms. The van der Waals surface area contributed by atoms with Crippen molar-refractivity contribution >= 4 is 11.6 Å². The van der Waals surface area contributed by atoms with Gasteiger partial charge in [0.1, 0.15) is 6.04 Å². The standard InChI is InChI=1S/C14H18N4O/c1-10(12-4-6-13(15)7-5-12)17-14(19)11(2)18-9-3-8-16-18/h3-11H,15H2,1-2H3,(H,17,19). The second-order valence-corrected chi connectivity index (χ2v) is 4.56. The number of carbonyl (C=O) groups is 1. The predicted molar refractivity (Wildman–Crippen MR) is 74.4 cm³/mol. The predicted octanol–water partition coefficient (Wildman–Crippen LogP) is 1.90. The monoisotopic (exact) mass is 258 g/mol. The summed E-state index contributed by atoms with van der Waals surface area (Å²) in [5, 5.41) is 7.03. The molecule has 1 aromatic carbocycles. The SMILES string of the molecule is CC(NC(=O)C(C)n1cccn1)c1ccc(N)cc1. The van der Waals surface area contributed by atoms with Crippen LogP contribution in [0.15, 0.2) is 42.7 Å². The van der Waals surface area contributed by atoms with Crippen molar-refractivity contribution in [3.63, 3.8) is 0 Å². The topological polar surface area (TPSA) is 72.9 Å². The van der Waals surface area contributed by atoms with E-state index in [2.05, 4.69) is 10.4 Å². The zero-order chi connectivity index (χ0) is 13.8. The molecule has 0 spiro atoms. The highest BCUT2D eigenvalue weighted by Gasteiger charge is 2.17. The molecule has 2 aromatic rings. The first-order valence-electron chi connectivity index (χ1n) is 6.23. The molecule has 0 saturated carbocycles. The van der Waals surface area contributed by atoms with Gasteiger partial charge in [-0.2, -0.15) is 5.10 Å². The van der Waals surface area contributed by atoms with Crippen molar-refractivity contribution in [1.82, 2.24) is 15.1 Å². The summed E-state index contributed by atoms with van der Waals surface area (Å²) in [5.74, 6) is -0.0620. The van der Waals surface area contributed by atoms with Crippen LogP contribution in [0.5, 0.6) is 0 Å². The third kappa shape index (κ3) is 3.13. The number of nitrogens with two attached hydrogens (primary N) is 1. The number of aromatic nitrogens is 2. The number of anilines is 1. The van der Waals surface area contributed by atoms with Gasteiger partial charge in [0.15, 0.2) is 0 Å². The number of benzene rings is 1. The van der Waals surface area contributed by atoms with E-state index in [0.29, 0.717) is 5.69 Å². The number of nitrogens with zero attached hydrogens (tertiary/aromatic N) is 2. The molecule has 0 aliphatic rings. The zero-order valence-electron chi connectivity index (χ0n) is 11.1. The van der Waals surface area contributed by atoms with Crippen molar-refractivity contribution in [2.75, 3.05) is 5.73 Å². The molecule has 5 nitrogen and oxygen atoms in total. The van der Waals surface area contributed by atoms with Crippen molar-refractivity contribution in [2.24, 2.45) is 0 Å². The summed E-state index contributed by atoms with van der Waals surface area (Å²) < 4.78 is 1.63. The lowest BCUT2D eigenvalue weighted by Gasteiger charge is -2.18. The van der Waals surface area contributed by atoms with Gasteiger partial charge in [-0.05, 0) is 37.6 Å². The Hall–Kier alpha value is -2.30. The second-order valence-electron chi connectivity index (χ2n) is 4.56. The molecular formula is C14H18N4O. The van der Waals surface area contributed by atoms with Gasteiger partial charge in [-0.15, -0.1) is 0 Å². The third-order valence-electron chi connectivity index (χ3n) is 3.10. The molecule has 100 valence electrons. The molecule has 2 atom stereocenters. The Labute approximate surface area is 112 Å². The quantitative estimate of drug-likeness (QED) is 0.823. The zero-order valence-corrected chi connectivity index (χ0v) is 11.1. The van der Waals surface area contributed by atoms with E-state index in [4.69, 9.17) is 5.73 Å². The molecule has 0 bridgehead atoms. The number of rotatable bonds is 4. The fourth-order valence-corrected chi connectivity index (χ4v) is 1.83. The van der Waals surface area contributed by atoms with Crippen LogP contribution in [-0.2, 0) is 4.79 Å². The van der Waals surface area contributed by atoms with Crippen molar-refractivity contribution in [1.29, 1.82) is 0 Å². The summed E-state index contributed by atoms with van der Waals surface area (Å²) in [6, 6.07) is 8.90. The molecule has 0 saturated heterocycles. The summed E-state index contributed by atoms with van der Waals surface area (Å²) in [7, 11) is 0. The average Bonchev–Trinajstić information content (AvgIpc) is 2.92. The van der Waals surface area contributed by atoms with Gasteiger partial charge in [-0.1, -0.05) is 12.1 Å². The molecule has 0 radical (unpaired) electrons. The summed E-state index contributed by atoms with van der Waals surface area (Å²) in [6.45, 7) is 3.76. The Morgan fingerprint density at radius 3 is 2.58 bits per heavy atom. The highest BCUT2D eigenvalue weighted by Crippen LogP contribution is 2.15. The first-order chi connectivity index (χ1) is 9.08. The van der Waals surface area contributed by atoms with E-state index in [1.807, 2.05) is 38.1 Å². The molecule has 0 fully saturated rings. The maximum Gasteiger partial charge on any atom is 0.245 e. The Kier molecular flexibility index (Phi) is 3.85. The average molecular weight is 258 g/mol. The minimum atomic E-state index is -0.328. The van der Waals surface area contributed by atoms with Crippen LogP contribution in [0.3, 0.4) is 0 Å². The van der Waals surface area contributed by atoms with Crippen LogP contribution in [0.4, 0.5) is 5.69 Å². The molecule has 0 aliphatic carbocycles. The smallest absolute Gasteiger partial charge is 0.245 e. The van der Waals surface area contributed by atoms with Gasteiger partial charge in [-0.3, -0.25) is 9.48 Å². The molecule has 0 aliphatic heterocycles. The molecule has 1 amide bonds. The first kappa shape index (κ1) is 13.1.